The van der Waals surface area contributed by atoms with Crippen molar-refractivity contribution in [2.75, 3.05) is 19.8 Å². The van der Waals surface area contributed by atoms with Gasteiger partial charge in [-0.05, 0) is 61.9 Å². The molecular weight excluding hydrogens is 643 g/mol. The number of aliphatic hydroxyl groups excluding tert-OH is 1. The Morgan fingerprint density at radius 3 is 1.51 bits per heavy atom. The van der Waals surface area contributed by atoms with Crippen LogP contribution in [0.1, 0.15) is 74.7 Å². The fraction of sp³-hybridized carbons (Fsp3) is 0.840. The molecule has 6 atom stereocenters. The molecule has 2 aliphatic heterocycles. The van der Waals surface area contributed by atoms with Crippen molar-refractivity contribution in [3.63, 3.8) is 0 Å². The molecule has 2 fully saturated rings. The molecular formula is C25H46B14O7Se. The third kappa shape index (κ3) is 14.8. The molecule has 2 saturated heterocycles. The van der Waals surface area contributed by atoms with E-state index in [1.54, 1.807) is 0 Å². The van der Waals surface area contributed by atoms with Crippen molar-refractivity contribution in [2.45, 2.75) is 91.2 Å². The van der Waals surface area contributed by atoms with Crippen LogP contribution in [0.4, 0.5) is 0 Å². The quantitative estimate of drug-likeness (QED) is 0.170. The Labute approximate surface area is 301 Å². The molecule has 0 aromatic carbocycles. The predicted octanol–water partition coefficient (Wildman–Crippen LogP) is 0.109. The minimum atomic E-state index is -4.49. The van der Waals surface area contributed by atoms with Crippen LogP contribution in [0.2, 0.25) is 4.31 Å². The van der Waals surface area contributed by atoms with E-state index in [1.807, 2.05) is 0 Å². The van der Waals surface area contributed by atoms with Gasteiger partial charge in [0.1, 0.15) is 0 Å². The van der Waals surface area contributed by atoms with Crippen LogP contribution in [-0.4, -0.2) is 156 Å². The first-order valence-corrected chi connectivity index (χ1v) is 19.0. The van der Waals surface area contributed by atoms with Gasteiger partial charge < -0.3 is 14.6 Å². The second-order valence-corrected chi connectivity index (χ2v) is 18.8. The van der Waals surface area contributed by atoms with Crippen molar-refractivity contribution in [2.24, 2.45) is 23.7 Å². The molecule has 0 saturated carbocycles. The molecule has 2 aliphatic carbocycles. The number of allylic oxidation sites excluding steroid dienone is 1. The monoisotopic (exact) mass is 692 g/mol. The van der Waals surface area contributed by atoms with Gasteiger partial charge in [0.05, 0.1) is 32.0 Å². The molecule has 0 bridgehead atoms. The van der Waals surface area contributed by atoms with Crippen LogP contribution >= 0.6 is 0 Å². The molecule has 236 valence electrons. The molecule has 4 rings (SSSR count). The van der Waals surface area contributed by atoms with E-state index in [0.717, 1.165) is 37.0 Å². The Morgan fingerprint density at radius 2 is 1.19 bits per heavy atom. The van der Waals surface area contributed by atoms with Gasteiger partial charge >= 0.3 is 55.0 Å². The first kappa shape index (κ1) is 47.3. The molecule has 0 aromatic heterocycles. The summed E-state index contributed by atoms with van der Waals surface area (Å²) in [5.41, 5.74) is 2.67. The third-order valence-corrected chi connectivity index (χ3v) is 12.8. The van der Waals surface area contributed by atoms with Crippen LogP contribution in [0.15, 0.2) is 23.3 Å². The zero-order chi connectivity index (χ0) is 35.6. The van der Waals surface area contributed by atoms with E-state index in [4.69, 9.17) is 81.7 Å². The van der Waals surface area contributed by atoms with Crippen LogP contribution in [0, 0.1) is 23.7 Å². The van der Waals surface area contributed by atoms with Gasteiger partial charge in [0.25, 0.3) is 0 Å². The van der Waals surface area contributed by atoms with Gasteiger partial charge in [-0.3, -0.25) is 0 Å². The second-order valence-electron chi connectivity index (χ2n) is 14.1. The minimum Gasteiger partial charge on any atom is -0.392 e. The standard InChI is InChI=1S/C10H16O2.C10H16O.C4H10O4Se.CH4.B14/c1-7-6-12-10-4-8(5-11)2-3-9(7)10;1-7-3-4-9-8(2)6-11-10(9)5-7;1-4(2,3)9(6,7)8-5;;1-9(2)13(10(3)4)14(11(5)6)12(7)8/h4,7,9-11H,2-3,5-6H2,1H3;5,8-10H,3-4,6H2,1-2H3;5H,1-3H3;1H4;. The normalized spacial score (nSPS) is 25.9. The molecule has 0 aromatic rings. The number of aliphatic hydroxyl groups is 1. The van der Waals surface area contributed by atoms with Gasteiger partial charge in [-0.1, -0.05) is 39.0 Å². The molecule has 22 heteroatoms. The summed E-state index contributed by atoms with van der Waals surface area (Å²) in [6.45, 7) is 13.2. The first-order valence-electron chi connectivity index (χ1n) is 16.0. The van der Waals surface area contributed by atoms with E-state index in [-0.39, 0.29) is 14.0 Å². The van der Waals surface area contributed by atoms with Crippen LogP contribution in [0.25, 0.3) is 0 Å². The molecule has 6 unspecified atom stereocenters. The summed E-state index contributed by atoms with van der Waals surface area (Å²) in [4.78, 5) is 0. The SMILES string of the molecule is C.CC(C)(C)[Se](=O)(=O)OO.CC1=CC2OCC(C)C2CC1.CC1COC2C=C(CO)CCC12.[B]B([B])B(B([B])[B])B(B([B])[B])B([B])[B]. The molecule has 0 amide bonds. The van der Waals surface area contributed by atoms with Crippen molar-refractivity contribution in [1.29, 1.82) is 0 Å². The molecule has 4 aliphatic rings. The number of hydrogen-bond acceptors (Lipinski definition) is 7. The van der Waals surface area contributed by atoms with E-state index in [1.165, 1.54) is 45.6 Å². The van der Waals surface area contributed by atoms with Crippen molar-refractivity contribution in [1.82, 2.24) is 0 Å². The summed E-state index contributed by atoms with van der Waals surface area (Å²) in [6, 6.07) is 0. The fourth-order valence-corrected chi connectivity index (χ4v) is 6.59. The summed E-state index contributed by atoms with van der Waals surface area (Å²) in [6.07, 6.45) is 6.00. The summed E-state index contributed by atoms with van der Waals surface area (Å²) in [7, 11) is 44.1. The maximum atomic E-state index is 10.6. The first-order chi connectivity index (χ1) is 21.2. The van der Waals surface area contributed by atoms with Gasteiger partial charge in [0.15, 0.2) is 0 Å². The van der Waals surface area contributed by atoms with Crippen molar-refractivity contribution in [3.05, 3.63) is 23.3 Å². The average molecular weight is 689 g/mol. The van der Waals surface area contributed by atoms with E-state index in [0.29, 0.717) is 24.0 Å². The van der Waals surface area contributed by atoms with Crippen LogP contribution < -0.4 is 0 Å². The molecule has 2 heterocycles. The molecule has 0 spiro atoms. The van der Waals surface area contributed by atoms with Crippen LogP contribution in [0.5, 0.6) is 0 Å². The number of fused-ring (bicyclic) bond motifs is 2. The molecule has 47 heavy (non-hydrogen) atoms. The Kier molecular flexibility index (Phi) is 21.8. The fourth-order valence-electron chi connectivity index (χ4n) is 6.12. The van der Waals surface area contributed by atoms with Crippen molar-refractivity contribution < 1.29 is 31.5 Å². The zero-order valence-corrected chi connectivity index (χ0v) is 30.2. The summed E-state index contributed by atoms with van der Waals surface area (Å²) in [5, 5.41) is 16.8. The van der Waals surface area contributed by atoms with Crippen molar-refractivity contribution in [3.8, 4) is 0 Å². The van der Waals surface area contributed by atoms with Gasteiger partial charge in [-0.2, -0.15) is 0 Å². The van der Waals surface area contributed by atoms with E-state index in [9.17, 15) is 7.67 Å². The maximum absolute atomic E-state index is 10.6. The zero-order valence-electron chi connectivity index (χ0n) is 28.5. The van der Waals surface area contributed by atoms with Gasteiger partial charge in [0, 0.05) is 100 Å². The van der Waals surface area contributed by atoms with Gasteiger partial charge in [-0.15, -0.1) is 0 Å². The molecule has 16 radical (unpaired) electrons. The van der Waals surface area contributed by atoms with E-state index >= 15 is 0 Å². The van der Waals surface area contributed by atoms with E-state index < -0.39 is 55.7 Å². The van der Waals surface area contributed by atoms with Crippen LogP contribution in [0.3, 0.4) is 0 Å². The Morgan fingerprint density at radius 1 is 0.809 bits per heavy atom. The van der Waals surface area contributed by atoms with E-state index in [2.05, 4.69) is 36.9 Å². The smallest absolute Gasteiger partial charge is 0.0791 e. The Bertz CT molecular complexity index is 1040. The van der Waals surface area contributed by atoms with Gasteiger partial charge in [-0.25, -0.2) is 0 Å². The van der Waals surface area contributed by atoms with Crippen LogP contribution in [-0.2, 0) is 21.1 Å². The number of rotatable bonds is 7. The number of hydrogen-bond donors (Lipinski definition) is 2. The average Bonchev–Trinajstić information content (AvgIpc) is 3.52. The van der Waals surface area contributed by atoms with Crippen molar-refractivity contribution >= 4 is 113 Å². The molecule has 2 N–H and O–H groups in total. The Hall–Kier alpha value is 0.309. The molecule has 7 nitrogen and oxygen atoms in total. The summed E-state index contributed by atoms with van der Waals surface area (Å²) >= 11 is -4.49. The summed E-state index contributed by atoms with van der Waals surface area (Å²) < 4.78 is 34.9. The maximum Gasteiger partial charge on any atom is 0.0791 e. The largest absolute Gasteiger partial charge is 0.392 e. The topological polar surface area (TPSA) is 102 Å². The number of ether oxygens (including phenoxy) is 2. The van der Waals surface area contributed by atoms with Gasteiger partial charge in [0.2, 0.25) is 0 Å². The summed E-state index contributed by atoms with van der Waals surface area (Å²) in [5.74, 6) is 3.01. The predicted molar refractivity (Wildman–Crippen MR) is 210 cm³/mol. The third-order valence-electron chi connectivity index (χ3n) is 9.20. The second kappa shape index (κ2) is 21.6. The minimum absolute atomic E-state index is 0. The Balaban J connectivity index is 0.000000602.